The summed E-state index contributed by atoms with van der Waals surface area (Å²) in [4.78, 5) is 5.55. The first-order valence-electron chi connectivity index (χ1n) is 8.54. The van der Waals surface area contributed by atoms with Gasteiger partial charge in [-0.15, -0.1) is 0 Å². The van der Waals surface area contributed by atoms with Crippen molar-refractivity contribution in [3.05, 3.63) is 78.2 Å². The zero-order valence-electron chi connectivity index (χ0n) is 15.2. The fourth-order valence-electron chi connectivity index (χ4n) is 2.74. The highest BCUT2D eigenvalue weighted by molar-refractivity contribution is 5.57. The van der Waals surface area contributed by atoms with Crippen LogP contribution in [0.2, 0.25) is 0 Å². The highest BCUT2D eigenvalue weighted by Gasteiger charge is 2.21. The van der Waals surface area contributed by atoms with Crippen LogP contribution in [-0.4, -0.2) is 23.4 Å². The normalized spacial score (nSPS) is 11.7. The van der Waals surface area contributed by atoms with E-state index in [2.05, 4.69) is 4.98 Å². The third-order valence-electron chi connectivity index (χ3n) is 4.06. The van der Waals surface area contributed by atoms with Crippen LogP contribution in [0.1, 0.15) is 12.5 Å². The predicted molar refractivity (Wildman–Crippen MR) is 102 cm³/mol. The topological polar surface area (TPSA) is 54.8 Å². The molecule has 0 radical (unpaired) electrons. The van der Waals surface area contributed by atoms with Crippen molar-refractivity contribution in [1.82, 2.24) is 4.98 Å². The second-order valence-electron chi connectivity index (χ2n) is 5.94. The van der Waals surface area contributed by atoms with E-state index < -0.39 is 12.2 Å². The van der Waals surface area contributed by atoms with E-state index in [-0.39, 0.29) is 5.88 Å². The maximum atomic E-state index is 13.8. The maximum Gasteiger partial charge on any atom is 0.245 e. The molecule has 3 rings (SSSR count). The van der Waals surface area contributed by atoms with Crippen molar-refractivity contribution >= 4 is 5.69 Å². The summed E-state index contributed by atoms with van der Waals surface area (Å²) in [6, 6.07) is 19.3. The molecule has 27 heavy (non-hydrogen) atoms. The molecule has 0 aliphatic carbocycles. The fraction of sp³-hybridized carbons (Fsp3) is 0.190. The van der Waals surface area contributed by atoms with Gasteiger partial charge in [-0.05, 0) is 37.3 Å². The Morgan fingerprint density at radius 3 is 2.44 bits per heavy atom. The molecule has 1 atom stereocenters. The second kappa shape index (κ2) is 8.51. The van der Waals surface area contributed by atoms with Crippen LogP contribution >= 0.6 is 0 Å². The van der Waals surface area contributed by atoms with E-state index in [4.69, 9.17) is 9.47 Å². The predicted octanol–water partition coefficient (Wildman–Crippen LogP) is 4.37. The average molecular weight is 368 g/mol. The lowest BCUT2D eigenvalue weighted by Crippen LogP contribution is -2.32. The highest BCUT2D eigenvalue weighted by Crippen LogP contribution is 2.33. The lowest BCUT2D eigenvalue weighted by atomic mass is 10.1. The summed E-state index contributed by atoms with van der Waals surface area (Å²) in [5.74, 6) is 0.646. The summed E-state index contributed by atoms with van der Waals surface area (Å²) in [5.41, 5.74) is 1.34. The molecule has 0 saturated heterocycles. The van der Waals surface area contributed by atoms with Gasteiger partial charge in [0.1, 0.15) is 23.4 Å². The molecule has 5 nitrogen and oxygen atoms in total. The van der Waals surface area contributed by atoms with Crippen LogP contribution in [0, 0.1) is 5.95 Å². The lowest BCUT2D eigenvalue weighted by molar-refractivity contribution is 0.185. The number of hydrogen-bond acceptors (Lipinski definition) is 5. The molecule has 0 aliphatic rings. The molecule has 0 aliphatic heterocycles. The molecule has 0 fully saturated rings. The van der Waals surface area contributed by atoms with Gasteiger partial charge < -0.3 is 19.5 Å². The van der Waals surface area contributed by atoms with Crippen LogP contribution in [0.5, 0.6) is 17.4 Å². The number of ether oxygens (including phenoxy) is 2. The molecule has 2 aromatic carbocycles. The van der Waals surface area contributed by atoms with Gasteiger partial charge in [0.15, 0.2) is 0 Å². The minimum Gasteiger partial charge on any atom is -0.496 e. The van der Waals surface area contributed by atoms with Crippen LogP contribution in [-0.2, 0) is 6.54 Å². The van der Waals surface area contributed by atoms with Crippen molar-refractivity contribution in [1.29, 1.82) is 0 Å². The fourth-order valence-corrected chi connectivity index (χ4v) is 2.74. The van der Waals surface area contributed by atoms with Crippen molar-refractivity contribution in [3.63, 3.8) is 0 Å². The molecular formula is C21H21FN2O3. The number of pyridine rings is 1. The Labute approximate surface area is 157 Å². The first-order valence-corrected chi connectivity index (χ1v) is 8.54. The molecule has 1 unspecified atom stereocenters. The van der Waals surface area contributed by atoms with Crippen LogP contribution in [0.25, 0.3) is 0 Å². The van der Waals surface area contributed by atoms with Crippen molar-refractivity contribution in [2.45, 2.75) is 19.7 Å². The van der Waals surface area contributed by atoms with E-state index in [0.29, 0.717) is 23.7 Å². The number of aliphatic hydroxyl groups excluding tert-OH is 1. The van der Waals surface area contributed by atoms with E-state index in [9.17, 15) is 9.50 Å². The summed E-state index contributed by atoms with van der Waals surface area (Å²) in [7, 11) is 1.59. The summed E-state index contributed by atoms with van der Waals surface area (Å²) in [6.45, 7) is 1.96. The summed E-state index contributed by atoms with van der Waals surface area (Å²) < 4.78 is 24.9. The van der Waals surface area contributed by atoms with Crippen LogP contribution < -0.4 is 14.4 Å². The number of para-hydroxylation sites is 2. The maximum absolute atomic E-state index is 13.8. The lowest BCUT2D eigenvalue weighted by Gasteiger charge is -2.29. The molecular weight excluding hydrogens is 347 g/mol. The zero-order chi connectivity index (χ0) is 19.2. The molecule has 0 saturated carbocycles. The molecule has 0 bridgehead atoms. The van der Waals surface area contributed by atoms with Gasteiger partial charge in [0.05, 0.1) is 7.11 Å². The minimum atomic E-state index is -0.861. The molecule has 1 heterocycles. The molecule has 3 aromatic rings. The summed E-state index contributed by atoms with van der Waals surface area (Å²) in [6.07, 6.45) is -0.861. The number of nitrogens with zero attached hydrogens (tertiary/aromatic N) is 2. The molecule has 0 amide bonds. The number of halogens is 1. The van der Waals surface area contributed by atoms with Gasteiger partial charge in [-0.2, -0.15) is 9.37 Å². The van der Waals surface area contributed by atoms with Gasteiger partial charge in [-0.3, -0.25) is 0 Å². The smallest absolute Gasteiger partial charge is 0.245 e. The van der Waals surface area contributed by atoms with Gasteiger partial charge >= 0.3 is 0 Å². The largest absolute Gasteiger partial charge is 0.496 e. The van der Waals surface area contributed by atoms with Crippen molar-refractivity contribution in [3.8, 4) is 17.4 Å². The Morgan fingerprint density at radius 2 is 1.74 bits per heavy atom. The summed E-state index contributed by atoms with van der Waals surface area (Å²) >= 11 is 0. The van der Waals surface area contributed by atoms with E-state index >= 15 is 0 Å². The number of aliphatic hydroxyl groups is 1. The quantitative estimate of drug-likeness (QED) is 0.496. The molecule has 0 spiro atoms. The third kappa shape index (κ3) is 4.54. The second-order valence-corrected chi connectivity index (χ2v) is 5.94. The van der Waals surface area contributed by atoms with E-state index in [1.54, 1.807) is 37.1 Å². The van der Waals surface area contributed by atoms with Gasteiger partial charge in [0.25, 0.3) is 0 Å². The van der Waals surface area contributed by atoms with Gasteiger partial charge in [-0.25, -0.2) is 0 Å². The number of benzene rings is 2. The van der Waals surface area contributed by atoms with E-state index in [1.165, 1.54) is 6.07 Å². The third-order valence-corrected chi connectivity index (χ3v) is 4.06. The van der Waals surface area contributed by atoms with E-state index in [1.807, 2.05) is 42.5 Å². The van der Waals surface area contributed by atoms with Crippen LogP contribution in [0.4, 0.5) is 10.1 Å². The number of rotatable bonds is 7. The Kier molecular flexibility index (Phi) is 5.88. The molecule has 140 valence electrons. The Morgan fingerprint density at radius 1 is 1.04 bits per heavy atom. The van der Waals surface area contributed by atoms with Gasteiger partial charge in [-0.1, -0.05) is 36.4 Å². The molecule has 1 N–H and O–H groups in total. The van der Waals surface area contributed by atoms with Gasteiger partial charge in [0.2, 0.25) is 11.8 Å². The standard InChI is InChI=1S/C21H21FN2O3/c1-15(25)24(14-16-8-6-7-11-19(16)26-2)18-12-13-20(22)23-21(18)27-17-9-4-3-5-10-17/h3-13,15,25H,14H2,1-2H3. The highest BCUT2D eigenvalue weighted by atomic mass is 19.1. The Bertz CT molecular complexity index is 888. The van der Waals surface area contributed by atoms with Crippen LogP contribution in [0.15, 0.2) is 66.7 Å². The summed E-state index contributed by atoms with van der Waals surface area (Å²) in [5, 5.41) is 10.4. The zero-order valence-corrected chi connectivity index (χ0v) is 15.2. The van der Waals surface area contributed by atoms with Gasteiger partial charge in [0, 0.05) is 12.1 Å². The Balaban J connectivity index is 1.98. The van der Waals surface area contributed by atoms with Crippen molar-refractivity contribution in [2.24, 2.45) is 0 Å². The first kappa shape index (κ1) is 18.7. The minimum absolute atomic E-state index is 0.0806. The monoisotopic (exact) mass is 368 g/mol. The molecule has 6 heteroatoms. The number of aromatic nitrogens is 1. The Hall–Kier alpha value is -3.12. The number of hydrogen-bond donors (Lipinski definition) is 1. The SMILES string of the molecule is COc1ccccc1CN(c1ccc(F)nc1Oc1ccccc1)C(C)O. The average Bonchev–Trinajstić information content (AvgIpc) is 2.67. The van der Waals surface area contributed by atoms with Crippen LogP contribution in [0.3, 0.4) is 0 Å². The number of anilines is 1. The molecule has 1 aromatic heterocycles. The first-order chi connectivity index (χ1) is 13.1. The van der Waals surface area contributed by atoms with E-state index in [0.717, 1.165) is 5.56 Å². The number of methoxy groups -OCH3 is 1. The van der Waals surface area contributed by atoms with Crippen molar-refractivity contribution in [2.75, 3.05) is 12.0 Å². The van der Waals surface area contributed by atoms with Crippen molar-refractivity contribution < 1.29 is 19.0 Å².